The van der Waals surface area contributed by atoms with Crippen LogP contribution in [0, 0.1) is 0 Å². The molecule has 0 heteroatoms. The maximum atomic E-state index is 2.62. The van der Waals surface area contributed by atoms with Crippen LogP contribution in [0.4, 0.5) is 0 Å². The first-order valence-electron chi connectivity index (χ1n) is 27.9. The molecule has 75 heavy (non-hydrogen) atoms. The van der Waals surface area contributed by atoms with E-state index in [0.717, 1.165) is 0 Å². The molecule has 12 aromatic carbocycles. The van der Waals surface area contributed by atoms with E-state index in [1.54, 1.807) is 0 Å². The van der Waals surface area contributed by atoms with E-state index < -0.39 is 0 Å². The molecule has 12 aromatic rings. The van der Waals surface area contributed by atoms with Gasteiger partial charge in [0.2, 0.25) is 0 Å². The zero-order chi connectivity index (χ0) is 53.2. The molecule has 0 N–H and O–H groups in total. The summed E-state index contributed by atoms with van der Waals surface area (Å²) in [6.45, 7) is 40.2. The van der Waals surface area contributed by atoms with Crippen LogP contribution in [0.2, 0.25) is 0 Å². The third kappa shape index (κ3) is 7.74. The average Bonchev–Trinajstić information content (AvgIpc) is 3.90. The van der Waals surface area contributed by atoms with Gasteiger partial charge >= 0.3 is 0 Å². The fourth-order valence-corrected chi connectivity index (χ4v) is 12.7. The Hall–Kier alpha value is -6.76. The van der Waals surface area contributed by atoms with Crippen molar-refractivity contribution >= 4 is 86.2 Å². The predicted octanol–water partition coefficient (Wildman–Crippen LogP) is 22.4. The van der Waals surface area contributed by atoms with Gasteiger partial charge in [0.25, 0.3) is 0 Å². The van der Waals surface area contributed by atoms with Crippen molar-refractivity contribution in [2.45, 2.75) is 151 Å². The Bertz CT molecular complexity index is 4270. The molecule has 0 saturated carbocycles. The zero-order valence-electron chi connectivity index (χ0n) is 47.9. The van der Waals surface area contributed by atoms with Crippen LogP contribution in [0.15, 0.2) is 146 Å². The van der Waals surface area contributed by atoms with Crippen LogP contribution in [-0.4, -0.2) is 0 Å². The van der Waals surface area contributed by atoms with E-state index in [1.807, 2.05) is 0 Å². The Morgan fingerprint density at radius 3 is 1.35 bits per heavy atom. The predicted molar refractivity (Wildman–Crippen MR) is 333 cm³/mol. The molecule has 0 saturated heterocycles. The third-order valence-electron chi connectivity index (χ3n) is 17.2. The first-order chi connectivity index (χ1) is 35.2. The molecule has 0 spiro atoms. The Balaban J connectivity index is 1.37. The largest absolute Gasteiger partial charge is 0.0616 e. The van der Waals surface area contributed by atoms with Crippen LogP contribution >= 0.6 is 0 Å². The maximum absolute atomic E-state index is 2.62. The van der Waals surface area contributed by atoms with Gasteiger partial charge in [0.15, 0.2) is 0 Å². The molecule has 0 aliphatic carbocycles. The van der Waals surface area contributed by atoms with Gasteiger partial charge in [-0.1, -0.05) is 251 Å². The molecule has 0 heterocycles. The van der Waals surface area contributed by atoms with Gasteiger partial charge in [-0.3, -0.25) is 0 Å². The van der Waals surface area contributed by atoms with Gasteiger partial charge in [-0.25, -0.2) is 0 Å². The minimum absolute atomic E-state index is 0.0108. The van der Waals surface area contributed by atoms with E-state index in [4.69, 9.17) is 0 Å². The highest BCUT2D eigenvalue weighted by molar-refractivity contribution is 6.45. The zero-order valence-corrected chi connectivity index (χ0v) is 47.9. The van der Waals surface area contributed by atoms with Gasteiger partial charge in [-0.15, -0.1) is 0 Å². The highest BCUT2D eigenvalue weighted by atomic mass is 14.3. The summed E-state index contributed by atoms with van der Waals surface area (Å²) in [6.07, 6.45) is 0. The summed E-state index contributed by atoms with van der Waals surface area (Å²) in [5.41, 5.74) is 15.9. The maximum Gasteiger partial charge on any atom is -0.000718 e. The number of fused-ring (bicyclic) bond motifs is 9. The fraction of sp³-hybridized carbons (Fsp3) is 0.307. The van der Waals surface area contributed by atoms with Crippen LogP contribution in [0.1, 0.15) is 157 Å². The average molecular weight is 977 g/mol. The summed E-state index contributed by atoms with van der Waals surface area (Å²) in [5.74, 6) is 0.356. The molecule has 0 aliphatic heterocycles. The molecule has 0 bridgehead atoms. The molecule has 0 unspecified atom stereocenters. The molecule has 0 nitrogen and oxygen atoms in total. The van der Waals surface area contributed by atoms with E-state index in [-0.39, 0.29) is 27.1 Å². The van der Waals surface area contributed by atoms with Gasteiger partial charge < -0.3 is 0 Å². The van der Waals surface area contributed by atoms with E-state index >= 15 is 0 Å². The summed E-state index contributed by atoms with van der Waals surface area (Å²) in [7, 11) is 0. The van der Waals surface area contributed by atoms with E-state index in [2.05, 4.69) is 263 Å². The van der Waals surface area contributed by atoms with Crippen LogP contribution < -0.4 is 0 Å². The monoisotopic (exact) mass is 977 g/mol. The van der Waals surface area contributed by atoms with Gasteiger partial charge in [-0.05, 0) is 198 Å². The van der Waals surface area contributed by atoms with Gasteiger partial charge in [0, 0.05) is 0 Å². The molecular formula is C75H76. The van der Waals surface area contributed by atoms with Crippen LogP contribution in [-0.2, 0) is 27.1 Å². The Morgan fingerprint density at radius 1 is 0.267 bits per heavy atom. The molecule has 0 aromatic heterocycles. The lowest BCUT2D eigenvalue weighted by molar-refractivity contribution is 0.569. The molecule has 376 valence electrons. The van der Waals surface area contributed by atoms with Crippen molar-refractivity contribution in [2.24, 2.45) is 0 Å². The molecule has 0 aliphatic rings. The highest BCUT2D eigenvalue weighted by Crippen LogP contribution is 2.57. The van der Waals surface area contributed by atoms with Gasteiger partial charge in [0.05, 0.1) is 0 Å². The Kier molecular flexibility index (Phi) is 10.7. The van der Waals surface area contributed by atoms with Crippen molar-refractivity contribution in [3.8, 4) is 33.4 Å². The van der Waals surface area contributed by atoms with Crippen LogP contribution in [0.3, 0.4) is 0 Å². The molecule has 0 amide bonds. The van der Waals surface area contributed by atoms with Gasteiger partial charge in [0.1, 0.15) is 0 Å². The second kappa shape index (κ2) is 16.4. The second-order valence-electron chi connectivity index (χ2n) is 28.0. The normalized spacial score (nSPS) is 13.5. The molecule has 12 rings (SSSR count). The standard InChI is InChI=1S/C75H76/c1-42(2)44-32-45(35-48(34-44)72(6,7)8)64-63-41-62-53-23-19-18-22-52(53)55-24-20-26-57(67(55)62)68(63)65(46-36-49(73(9,10)11)38-50(37-46)74(12,13)14)70-59-31-30-54(56-25-21-27-58(66(56)59)69(64)70)61-40-51(75(15,16)17)33-43-28-29-47(39-60(43)61)71(3,4)5/h18-42H,1-17H3. The summed E-state index contributed by atoms with van der Waals surface area (Å²) in [5, 5.41) is 21.3. The minimum Gasteiger partial charge on any atom is -0.0616 e. The lowest BCUT2D eigenvalue weighted by Crippen LogP contribution is -2.16. The quantitative estimate of drug-likeness (QED) is 0.154. The van der Waals surface area contributed by atoms with Crippen LogP contribution in [0.5, 0.6) is 0 Å². The Labute approximate surface area is 446 Å². The van der Waals surface area contributed by atoms with E-state index in [0.29, 0.717) is 5.92 Å². The first-order valence-corrected chi connectivity index (χ1v) is 27.9. The summed E-state index contributed by atoms with van der Waals surface area (Å²) in [4.78, 5) is 0. The van der Waals surface area contributed by atoms with Gasteiger partial charge in [-0.2, -0.15) is 0 Å². The molecule has 0 fully saturated rings. The van der Waals surface area contributed by atoms with Crippen molar-refractivity contribution in [3.63, 3.8) is 0 Å². The number of rotatable bonds is 4. The lowest BCUT2D eigenvalue weighted by atomic mass is 9.77. The number of hydrogen-bond acceptors (Lipinski definition) is 0. The minimum atomic E-state index is -0.0718. The van der Waals surface area contributed by atoms with E-state index in [1.165, 1.54) is 153 Å². The second-order valence-corrected chi connectivity index (χ2v) is 28.0. The van der Waals surface area contributed by atoms with Crippen molar-refractivity contribution in [1.82, 2.24) is 0 Å². The summed E-state index contributed by atoms with van der Waals surface area (Å²) >= 11 is 0. The highest BCUT2D eigenvalue weighted by Gasteiger charge is 2.31. The molecule has 0 atom stereocenters. The van der Waals surface area contributed by atoms with Crippen molar-refractivity contribution < 1.29 is 0 Å². The first kappa shape index (κ1) is 49.1. The smallest absolute Gasteiger partial charge is 0.000718 e. The molecular weight excluding hydrogens is 901 g/mol. The summed E-state index contributed by atoms with van der Waals surface area (Å²) < 4.78 is 0. The third-order valence-corrected chi connectivity index (χ3v) is 17.2. The topological polar surface area (TPSA) is 0 Å². The van der Waals surface area contributed by atoms with Crippen molar-refractivity contribution in [3.05, 3.63) is 179 Å². The Morgan fingerprint density at radius 2 is 0.747 bits per heavy atom. The van der Waals surface area contributed by atoms with Crippen LogP contribution in [0.25, 0.3) is 120 Å². The number of hydrogen-bond donors (Lipinski definition) is 0. The fourth-order valence-electron chi connectivity index (χ4n) is 12.7. The number of benzene rings is 10. The van der Waals surface area contributed by atoms with Crippen molar-refractivity contribution in [2.75, 3.05) is 0 Å². The SMILES string of the molecule is CC(C)c1cc(-c2c3cc4c5ccccc5c5cccc(c3c(-c3cc(C(C)(C)C)cc(C(C)(C)C)c3)c3c6ccc(-c7cc(C(C)(C)C)cc8ccc(C(C)(C)C)cc78)c7cccc(c23)c76)c54)cc(C(C)(C)C)c1. The van der Waals surface area contributed by atoms with Crippen molar-refractivity contribution in [1.29, 1.82) is 0 Å². The molecule has 0 radical (unpaired) electrons. The summed E-state index contributed by atoms with van der Waals surface area (Å²) in [6, 6.07) is 58.5. The van der Waals surface area contributed by atoms with E-state index in [9.17, 15) is 0 Å². The lowest BCUT2D eigenvalue weighted by Gasteiger charge is -2.27.